The van der Waals surface area contributed by atoms with Crippen LogP contribution in [0.3, 0.4) is 0 Å². The first-order valence-corrected chi connectivity index (χ1v) is 5.26. The van der Waals surface area contributed by atoms with Crippen molar-refractivity contribution in [2.75, 3.05) is 6.54 Å². The smallest absolute Gasteiger partial charge is 0.0351 e. The van der Waals surface area contributed by atoms with Gasteiger partial charge in [-0.1, -0.05) is 30.3 Å². The summed E-state index contributed by atoms with van der Waals surface area (Å²) >= 11 is 0. The molecule has 2 aliphatic rings. The maximum atomic E-state index is 2.66. The van der Waals surface area contributed by atoms with Crippen molar-refractivity contribution in [1.82, 2.24) is 4.90 Å². The largest absolute Gasteiger partial charge is 0.293 e. The van der Waals surface area contributed by atoms with E-state index in [1.54, 1.807) is 0 Å². The van der Waals surface area contributed by atoms with Gasteiger partial charge in [0.15, 0.2) is 0 Å². The Morgan fingerprint density at radius 2 is 1.85 bits per heavy atom. The molecule has 3 rings (SSSR count). The van der Waals surface area contributed by atoms with Crippen molar-refractivity contribution in [3.8, 4) is 0 Å². The molecule has 2 saturated heterocycles. The average molecular weight is 173 g/mol. The van der Waals surface area contributed by atoms with Gasteiger partial charge in [-0.05, 0) is 24.8 Å². The number of nitrogens with zero attached hydrogens (tertiary/aromatic N) is 1. The predicted molar refractivity (Wildman–Crippen MR) is 53.5 cm³/mol. The summed E-state index contributed by atoms with van der Waals surface area (Å²) < 4.78 is 0. The van der Waals surface area contributed by atoms with Crippen molar-refractivity contribution in [1.29, 1.82) is 0 Å². The molecule has 0 radical (unpaired) electrons. The third-order valence-electron chi connectivity index (χ3n) is 3.55. The highest BCUT2D eigenvalue weighted by atomic mass is 15.3. The van der Waals surface area contributed by atoms with Crippen LogP contribution in [0, 0.1) is 0 Å². The van der Waals surface area contributed by atoms with E-state index < -0.39 is 0 Å². The van der Waals surface area contributed by atoms with E-state index in [9.17, 15) is 0 Å². The van der Waals surface area contributed by atoms with E-state index in [0.717, 1.165) is 12.1 Å². The molecule has 0 saturated carbocycles. The molecule has 0 spiro atoms. The lowest BCUT2D eigenvalue weighted by Gasteiger charge is -2.39. The van der Waals surface area contributed by atoms with E-state index in [0.29, 0.717) is 0 Å². The van der Waals surface area contributed by atoms with Crippen molar-refractivity contribution < 1.29 is 0 Å². The molecule has 68 valence electrons. The van der Waals surface area contributed by atoms with Crippen molar-refractivity contribution in [2.24, 2.45) is 0 Å². The molecule has 0 amide bonds. The fourth-order valence-electron chi connectivity index (χ4n) is 2.73. The second kappa shape index (κ2) is 2.85. The Kier molecular flexibility index (Phi) is 1.66. The minimum absolute atomic E-state index is 0.736. The molecule has 1 heteroatoms. The first kappa shape index (κ1) is 7.57. The van der Waals surface area contributed by atoms with Crippen LogP contribution in [0.25, 0.3) is 0 Å². The molecule has 1 nitrogen and oxygen atoms in total. The van der Waals surface area contributed by atoms with Gasteiger partial charge < -0.3 is 0 Å². The van der Waals surface area contributed by atoms with Crippen LogP contribution in [-0.2, 0) is 0 Å². The van der Waals surface area contributed by atoms with E-state index in [1.165, 1.54) is 31.4 Å². The number of rotatable bonds is 1. The Hall–Kier alpha value is -0.820. The molecule has 0 N–H and O–H groups in total. The van der Waals surface area contributed by atoms with E-state index in [2.05, 4.69) is 35.2 Å². The lowest BCUT2D eigenvalue weighted by molar-refractivity contribution is 0.0953. The predicted octanol–water partition coefficient (Wildman–Crippen LogP) is 2.60. The quantitative estimate of drug-likeness (QED) is 0.631. The van der Waals surface area contributed by atoms with Gasteiger partial charge in [0, 0.05) is 18.6 Å². The Labute approximate surface area is 79.4 Å². The highest BCUT2D eigenvalue weighted by Gasteiger charge is 2.39. The second-order valence-corrected chi connectivity index (χ2v) is 4.18. The summed E-state index contributed by atoms with van der Waals surface area (Å²) in [6, 6.07) is 12.6. The number of hydrogen-bond donors (Lipinski definition) is 0. The van der Waals surface area contributed by atoms with Crippen LogP contribution in [0.5, 0.6) is 0 Å². The van der Waals surface area contributed by atoms with Crippen LogP contribution in [0.1, 0.15) is 30.9 Å². The molecule has 0 aromatic heterocycles. The monoisotopic (exact) mass is 173 g/mol. The summed E-state index contributed by atoms with van der Waals surface area (Å²) in [4.78, 5) is 2.66. The molecule has 2 fully saturated rings. The van der Waals surface area contributed by atoms with Crippen LogP contribution < -0.4 is 0 Å². The topological polar surface area (TPSA) is 3.24 Å². The molecule has 0 aliphatic carbocycles. The first-order chi connectivity index (χ1) is 6.45. The van der Waals surface area contributed by atoms with Gasteiger partial charge in [0.2, 0.25) is 0 Å². The van der Waals surface area contributed by atoms with Crippen molar-refractivity contribution in [3.63, 3.8) is 0 Å². The van der Waals surface area contributed by atoms with Gasteiger partial charge in [-0.25, -0.2) is 0 Å². The van der Waals surface area contributed by atoms with Crippen LogP contribution in [0.2, 0.25) is 0 Å². The fraction of sp³-hybridized carbons (Fsp3) is 0.500. The zero-order valence-corrected chi connectivity index (χ0v) is 7.82. The molecular weight excluding hydrogens is 158 g/mol. The van der Waals surface area contributed by atoms with E-state index in [-0.39, 0.29) is 0 Å². The van der Waals surface area contributed by atoms with Gasteiger partial charge in [0.05, 0.1) is 0 Å². The summed E-state index contributed by atoms with van der Waals surface area (Å²) in [6.07, 6.45) is 4.22. The highest BCUT2D eigenvalue weighted by Crippen LogP contribution is 2.42. The van der Waals surface area contributed by atoms with Gasteiger partial charge in [0.25, 0.3) is 0 Å². The summed E-state index contributed by atoms with van der Waals surface area (Å²) in [5, 5.41) is 0. The van der Waals surface area contributed by atoms with Crippen LogP contribution >= 0.6 is 0 Å². The van der Waals surface area contributed by atoms with E-state index in [1.807, 2.05) is 0 Å². The third kappa shape index (κ3) is 1.11. The normalized spacial score (nSPS) is 32.6. The minimum atomic E-state index is 0.736. The fourth-order valence-corrected chi connectivity index (χ4v) is 2.73. The average Bonchev–Trinajstić information content (AvgIpc) is 2.43. The SMILES string of the molecule is c1ccc(C2CCC3CCN32)cc1. The zero-order chi connectivity index (χ0) is 8.67. The lowest BCUT2D eigenvalue weighted by Crippen LogP contribution is -2.43. The highest BCUT2D eigenvalue weighted by molar-refractivity contribution is 5.21. The molecule has 1 aromatic rings. The second-order valence-electron chi connectivity index (χ2n) is 4.18. The molecule has 1 aromatic carbocycles. The standard InChI is InChI=1S/C12H15N/c1-2-4-10(5-3-1)12-7-6-11-8-9-13(11)12/h1-5,11-12H,6-9H2. The lowest BCUT2D eigenvalue weighted by atomic mass is 10.0. The van der Waals surface area contributed by atoms with Gasteiger partial charge in [-0.15, -0.1) is 0 Å². The van der Waals surface area contributed by atoms with Gasteiger partial charge in [-0.2, -0.15) is 0 Å². The Bertz CT molecular complexity index is 293. The first-order valence-electron chi connectivity index (χ1n) is 5.26. The zero-order valence-electron chi connectivity index (χ0n) is 7.82. The van der Waals surface area contributed by atoms with E-state index in [4.69, 9.17) is 0 Å². The maximum Gasteiger partial charge on any atom is 0.0351 e. The molecule has 0 bridgehead atoms. The van der Waals surface area contributed by atoms with Crippen molar-refractivity contribution in [3.05, 3.63) is 35.9 Å². The van der Waals surface area contributed by atoms with Crippen LogP contribution in [0.15, 0.2) is 30.3 Å². The van der Waals surface area contributed by atoms with Crippen molar-refractivity contribution >= 4 is 0 Å². The Balaban J connectivity index is 1.86. The summed E-state index contributed by atoms with van der Waals surface area (Å²) in [5.74, 6) is 0. The van der Waals surface area contributed by atoms with Gasteiger partial charge in [0.1, 0.15) is 0 Å². The van der Waals surface area contributed by atoms with Crippen LogP contribution in [0.4, 0.5) is 0 Å². The summed E-state index contributed by atoms with van der Waals surface area (Å²) in [5.41, 5.74) is 1.52. The minimum Gasteiger partial charge on any atom is -0.293 e. The number of fused-ring (bicyclic) bond motifs is 1. The van der Waals surface area contributed by atoms with Crippen molar-refractivity contribution in [2.45, 2.75) is 31.3 Å². The Morgan fingerprint density at radius 3 is 2.46 bits per heavy atom. The molecule has 13 heavy (non-hydrogen) atoms. The molecule has 2 atom stereocenters. The molecular formula is C12H15N. The molecule has 2 heterocycles. The maximum absolute atomic E-state index is 2.66. The Morgan fingerprint density at radius 1 is 1.00 bits per heavy atom. The van der Waals surface area contributed by atoms with Crippen LogP contribution in [-0.4, -0.2) is 17.5 Å². The summed E-state index contributed by atoms with van der Waals surface area (Å²) in [7, 11) is 0. The molecule has 2 unspecified atom stereocenters. The number of benzene rings is 1. The molecule has 2 aliphatic heterocycles. The van der Waals surface area contributed by atoms with E-state index >= 15 is 0 Å². The third-order valence-corrected chi connectivity index (χ3v) is 3.55. The van der Waals surface area contributed by atoms with Gasteiger partial charge in [-0.3, -0.25) is 4.90 Å². The summed E-state index contributed by atoms with van der Waals surface area (Å²) in [6.45, 7) is 1.32. The number of hydrogen-bond acceptors (Lipinski definition) is 1. The van der Waals surface area contributed by atoms with Gasteiger partial charge >= 0.3 is 0 Å².